The van der Waals surface area contributed by atoms with Gasteiger partial charge in [0.05, 0.1) is 17.6 Å². The Balaban J connectivity index is 1.61. The fourth-order valence-corrected chi connectivity index (χ4v) is 10.6. The number of carbonyl (C=O) groups is 1. The van der Waals surface area contributed by atoms with Crippen LogP contribution in [0.4, 0.5) is 0 Å². The molecule has 4 nitrogen and oxygen atoms in total. The smallest absolute Gasteiger partial charge is 0.309 e. The van der Waals surface area contributed by atoms with Crippen molar-refractivity contribution in [3.63, 3.8) is 0 Å². The number of carboxylic acids is 1. The minimum absolute atomic E-state index is 0.0108. The normalized spacial score (nSPS) is 56.3. The monoisotopic (exact) mass is 472 g/mol. The number of aliphatic hydroxyl groups is 2. The summed E-state index contributed by atoms with van der Waals surface area (Å²) in [6, 6.07) is 0. The van der Waals surface area contributed by atoms with Crippen molar-refractivity contribution in [1.29, 1.82) is 0 Å². The summed E-state index contributed by atoms with van der Waals surface area (Å²) in [6.45, 7) is 16.1. The number of aliphatic carboxylic acids is 1. The lowest BCUT2D eigenvalue weighted by atomic mass is 9.33. The quantitative estimate of drug-likeness (QED) is 0.397. The Morgan fingerprint density at radius 1 is 0.882 bits per heavy atom. The van der Waals surface area contributed by atoms with Gasteiger partial charge in [0.2, 0.25) is 0 Å². The van der Waals surface area contributed by atoms with Crippen LogP contribution in [0.3, 0.4) is 0 Å². The van der Waals surface area contributed by atoms with Crippen molar-refractivity contribution >= 4 is 5.97 Å². The zero-order valence-corrected chi connectivity index (χ0v) is 22.6. The highest BCUT2D eigenvalue weighted by molar-refractivity contribution is 5.74. The zero-order valence-electron chi connectivity index (χ0n) is 22.6. The molecule has 10 atom stereocenters. The van der Waals surface area contributed by atoms with Crippen LogP contribution in [-0.2, 0) is 4.79 Å². The molecule has 5 aliphatic rings. The van der Waals surface area contributed by atoms with Gasteiger partial charge in [-0.1, -0.05) is 53.2 Å². The number of hydrogen-bond acceptors (Lipinski definition) is 3. The second-order valence-corrected chi connectivity index (χ2v) is 15.1. The lowest BCUT2D eigenvalue weighted by Gasteiger charge is -2.72. The van der Waals surface area contributed by atoms with Gasteiger partial charge in [0.1, 0.15) is 0 Å². The predicted octanol–water partition coefficient (Wildman–Crippen LogP) is 6.20. The van der Waals surface area contributed by atoms with E-state index in [4.69, 9.17) is 0 Å². The molecule has 0 aromatic heterocycles. The van der Waals surface area contributed by atoms with E-state index in [0.717, 1.165) is 51.4 Å². The summed E-state index contributed by atoms with van der Waals surface area (Å²) in [5.41, 5.74) is 0.613. The molecule has 5 rings (SSSR count). The highest BCUT2D eigenvalue weighted by Crippen LogP contribution is 2.75. The van der Waals surface area contributed by atoms with Crippen LogP contribution in [0, 0.1) is 50.2 Å². The SMILES string of the molecule is CC1(C)C2CC[C@]3(C)C(C(O)C=C4[C@@H]5C[C@@](C)(C(=O)O)CC[C@]5(C)CC[C@]43C)[C@@]2(C)CC[C@@H]1O. The Kier molecular flexibility index (Phi) is 5.20. The lowest BCUT2D eigenvalue weighted by molar-refractivity contribution is -0.224. The third-order valence-electron chi connectivity index (χ3n) is 13.3. The molecular formula is C30H48O4. The molecule has 0 saturated heterocycles. The summed E-state index contributed by atoms with van der Waals surface area (Å²) >= 11 is 0. The zero-order chi connectivity index (χ0) is 25.1. The molecule has 0 spiro atoms. The topological polar surface area (TPSA) is 77.8 Å². The van der Waals surface area contributed by atoms with Crippen LogP contribution in [-0.4, -0.2) is 33.5 Å². The Bertz CT molecular complexity index is 923. The van der Waals surface area contributed by atoms with Gasteiger partial charge in [0.25, 0.3) is 0 Å². The van der Waals surface area contributed by atoms with Gasteiger partial charge in [-0.2, -0.15) is 0 Å². The van der Waals surface area contributed by atoms with Crippen molar-refractivity contribution in [1.82, 2.24) is 0 Å². The molecule has 0 aromatic carbocycles. The molecule has 0 bridgehead atoms. The van der Waals surface area contributed by atoms with E-state index >= 15 is 0 Å². The maximum absolute atomic E-state index is 12.2. The van der Waals surface area contributed by atoms with Crippen molar-refractivity contribution in [2.45, 2.75) is 118 Å². The summed E-state index contributed by atoms with van der Waals surface area (Å²) in [5.74, 6) is 0.120. The van der Waals surface area contributed by atoms with Crippen molar-refractivity contribution < 1.29 is 20.1 Å². The van der Waals surface area contributed by atoms with Crippen LogP contribution in [0.5, 0.6) is 0 Å². The third kappa shape index (κ3) is 2.88. The van der Waals surface area contributed by atoms with Gasteiger partial charge in [-0.15, -0.1) is 0 Å². The average Bonchev–Trinajstić information content (AvgIpc) is 2.73. The average molecular weight is 473 g/mol. The number of allylic oxidation sites excluding steroid dienone is 1. The van der Waals surface area contributed by atoms with Crippen LogP contribution in [0.25, 0.3) is 0 Å². The van der Waals surface area contributed by atoms with Gasteiger partial charge in [-0.05, 0) is 104 Å². The molecule has 0 heterocycles. The first-order valence-electron chi connectivity index (χ1n) is 13.9. The summed E-state index contributed by atoms with van der Waals surface area (Å²) in [7, 11) is 0. The molecule has 3 unspecified atom stereocenters. The second kappa shape index (κ2) is 7.12. The van der Waals surface area contributed by atoms with Crippen molar-refractivity contribution in [3.05, 3.63) is 11.6 Å². The van der Waals surface area contributed by atoms with Gasteiger partial charge in [-0.25, -0.2) is 0 Å². The van der Waals surface area contributed by atoms with Crippen LogP contribution in [0.15, 0.2) is 11.6 Å². The van der Waals surface area contributed by atoms with Crippen LogP contribution < -0.4 is 0 Å². The molecule has 4 fully saturated rings. The van der Waals surface area contributed by atoms with E-state index in [1.54, 1.807) is 0 Å². The molecule has 192 valence electrons. The van der Waals surface area contributed by atoms with E-state index in [1.165, 1.54) is 5.57 Å². The molecule has 4 heteroatoms. The molecule has 5 aliphatic carbocycles. The maximum atomic E-state index is 12.2. The number of rotatable bonds is 1. The standard InChI is InChI=1S/C30H48O4/c1-25(2)21-8-11-30(7)23(28(21,5)10-9-22(25)32)20(31)16-18-19-17-27(4,24(33)34)13-12-26(19,3)14-15-29(18,30)6/h16,19-23,31-32H,8-15,17H2,1-7H3,(H,33,34)/t19-,20?,21?,22-,23?,26+,27-,28-,29+,30+/m0/s1. The van der Waals surface area contributed by atoms with Crippen molar-refractivity contribution in [3.8, 4) is 0 Å². The Morgan fingerprint density at radius 2 is 1.53 bits per heavy atom. The van der Waals surface area contributed by atoms with E-state index < -0.39 is 17.5 Å². The Labute approximate surface area is 206 Å². The molecule has 3 N–H and O–H groups in total. The first kappa shape index (κ1) is 24.8. The van der Waals surface area contributed by atoms with E-state index in [-0.39, 0.29) is 45.0 Å². The third-order valence-corrected chi connectivity index (χ3v) is 13.3. The first-order chi connectivity index (χ1) is 15.6. The highest BCUT2D eigenvalue weighted by Gasteiger charge is 2.70. The fraction of sp³-hybridized carbons (Fsp3) is 0.900. The maximum Gasteiger partial charge on any atom is 0.309 e. The minimum atomic E-state index is -0.681. The van der Waals surface area contributed by atoms with Gasteiger partial charge >= 0.3 is 5.97 Å². The summed E-state index contributed by atoms with van der Waals surface area (Å²) < 4.78 is 0. The molecular weight excluding hydrogens is 424 g/mol. The molecule has 34 heavy (non-hydrogen) atoms. The lowest BCUT2D eigenvalue weighted by Crippen LogP contribution is -2.67. The van der Waals surface area contributed by atoms with Crippen LogP contribution in [0.1, 0.15) is 106 Å². The van der Waals surface area contributed by atoms with Crippen LogP contribution >= 0.6 is 0 Å². The molecule has 0 aromatic rings. The summed E-state index contributed by atoms with van der Waals surface area (Å²) in [4.78, 5) is 12.2. The van der Waals surface area contributed by atoms with Crippen molar-refractivity contribution in [2.75, 3.05) is 0 Å². The summed E-state index contributed by atoms with van der Waals surface area (Å²) in [5, 5.41) is 32.9. The van der Waals surface area contributed by atoms with Crippen molar-refractivity contribution in [2.24, 2.45) is 50.2 Å². The van der Waals surface area contributed by atoms with Gasteiger partial charge < -0.3 is 15.3 Å². The Hall–Kier alpha value is -0.870. The van der Waals surface area contributed by atoms with E-state index in [1.807, 2.05) is 6.92 Å². The number of carboxylic acid groups (broad SMARTS) is 1. The summed E-state index contributed by atoms with van der Waals surface area (Å²) in [6.07, 6.45) is 10.0. The second-order valence-electron chi connectivity index (χ2n) is 15.1. The molecule has 4 saturated carbocycles. The molecule has 0 aliphatic heterocycles. The van der Waals surface area contributed by atoms with E-state index in [9.17, 15) is 20.1 Å². The van der Waals surface area contributed by atoms with Gasteiger partial charge in [0, 0.05) is 5.92 Å². The minimum Gasteiger partial charge on any atom is -0.481 e. The number of aliphatic hydroxyl groups excluding tert-OH is 2. The molecule has 0 radical (unpaired) electrons. The number of fused-ring (bicyclic) bond motifs is 7. The number of hydrogen-bond donors (Lipinski definition) is 3. The predicted molar refractivity (Wildman–Crippen MR) is 134 cm³/mol. The van der Waals surface area contributed by atoms with Gasteiger partial charge in [-0.3, -0.25) is 4.79 Å². The van der Waals surface area contributed by atoms with Gasteiger partial charge in [0.15, 0.2) is 0 Å². The highest BCUT2D eigenvalue weighted by atomic mass is 16.4. The van der Waals surface area contributed by atoms with Crippen LogP contribution in [0.2, 0.25) is 0 Å². The van der Waals surface area contributed by atoms with E-state index in [0.29, 0.717) is 12.3 Å². The first-order valence-corrected chi connectivity index (χ1v) is 13.9. The fourth-order valence-electron chi connectivity index (χ4n) is 10.6. The van der Waals surface area contributed by atoms with E-state index in [2.05, 4.69) is 47.6 Å². The largest absolute Gasteiger partial charge is 0.481 e. The Morgan fingerprint density at radius 3 is 2.18 bits per heavy atom. The molecule has 0 amide bonds.